The second-order valence-corrected chi connectivity index (χ2v) is 6.18. The van der Waals surface area contributed by atoms with Crippen LogP contribution in [-0.4, -0.2) is 54.5 Å². The van der Waals surface area contributed by atoms with Crippen molar-refractivity contribution < 1.29 is 14.3 Å². The fourth-order valence-electron chi connectivity index (χ4n) is 2.98. The van der Waals surface area contributed by atoms with Gasteiger partial charge >= 0.3 is 0 Å². The van der Waals surface area contributed by atoms with Crippen molar-refractivity contribution in [3.63, 3.8) is 0 Å². The predicted molar refractivity (Wildman–Crippen MR) is 91.6 cm³/mol. The number of aromatic nitrogens is 1. The zero-order valence-corrected chi connectivity index (χ0v) is 13.9. The molecule has 1 aromatic carbocycles. The Morgan fingerprint density at radius 2 is 2.04 bits per heavy atom. The Balaban J connectivity index is 1.52. The van der Waals surface area contributed by atoms with Crippen LogP contribution in [0.2, 0.25) is 0 Å². The topological polar surface area (TPSA) is 74.4 Å². The zero-order valence-electron chi connectivity index (χ0n) is 13.9. The number of nitrogens with one attached hydrogen (secondary N) is 2. The van der Waals surface area contributed by atoms with E-state index in [0.29, 0.717) is 32.7 Å². The van der Waals surface area contributed by atoms with E-state index in [1.807, 2.05) is 37.4 Å². The number of fused-ring (bicyclic) bond motifs is 1. The molecule has 0 bridgehead atoms. The van der Waals surface area contributed by atoms with Crippen molar-refractivity contribution >= 4 is 22.7 Å². The number of morpholine rings is 1. The Morgan fingerprint density at radius 3 is 2.83 bits per heavy atom. The number of rotatable bonds is 5. The zero-order chi connectivity index (χ0) is 16.9. The van der Waals surface area contributed by atoms with E-state index in [1.165, 1.54) is 0 Å². The molecular formula is C18H23N3O3. The van der Waals surface area contributed by atoms with Crippen molar-refractivity contribution in [1.29, 1.82) is 0 Å². The summed E-state index contributed by atoms with van der Waals surface area (Å²) in [5, 5.41) is 3.90. The summed E-state index contributed by atoms with van der Waals surface area (Å²) in [4.78, 5) is 29.3. The highest BCUT2D eigenvalue weighted by molar-refractivity contribution is 5.87. The molecular weight excluding hydrogens is 306 g/mol. The number of hydrogen-bond acceptors (Lipinski definition) is 3. The number of aromatic amines is 1. The molecule has 128 valence electrons. The van der Waals surface area contributed by atoms with Crippen LogP contribution >= 0.6 is 0 Å². The van der Waals surface area contributed by atoms with E-state index in [-0.39, 0.29) is 24.3 Å². The number of para-hydroxylation sites is 1. The number of hydrogen-bond donors (Lipinski definition) is 2. The number of nitrogens with zero attached hydrogens (tertiary/aromatic N) is 1. The molecule has 1 unspecified atom stereocenters. The molecule has 1 fully saturated rings. The SMILES string of the molecule is CC(Cc1c[nH]c2ccccc12)C(=O)NCC(=O)N1CCOCC1. The lowest BCUT2D eigenvalue weighted by Crippen LogP contribution is -2.46. The van der Waals surface area contributed by atoms with Crippen LogP contribution in [0.25, 0.3) is 10.9 Å². The Hall–Kier alpha value is -2.34. The molecule has 1 saturated heterocycles. The fraction of sp³-hybridized carbons (Fsp3) is 0.444. The van der Waals surface area contributed by atoms with E-state index in [1.54, 1.807) is 4.90 Å². The van der Waals surface area contributed by atoms with Gasteiger partial charge in [-0.2, -0.15) is 0 Å². The van der Waals surface area contributed by atoms with Gasteiger partial charge < -0.3 is 19.9 Å². The quantitative estimate of drug-likeness (QED) is 0.869. The third-order valence-electron chi connectivity index (χ3n) is 4.43. The van der Waals surface area contributed by atoms with Crippen molar-refractivity contribution in [2.24, 2.45) is 5.92 Å². The highest BCUT2D eigenvalue weighted by Crippen LogP contribution is 2.20. The van der Waals surface area contributed by atoms with Crippen LogP contribution in [0, 0.1) is 5.92 Å². The van der Waals surface area contributed by atoms with Gasteiger partial charge in [-0.3, -0.25) is 9.59 Å². The standard InChI is InChI=1S/C18H23N3O3/c1-13(10-14-11-19-16-5-3-2-4-15(14)16)18(23)20-12-17(22)21-6-8-24-9-7-21/h2-5,11,13,19H,6-10,12H2,1H3,(H,20,23). The van der Waals surface area contributed by atoms with Gasteiger partial charge in [-0.05, 0) is 18.1 Å². The monoisotopic (exact) mass is 329 g/mol. The maximum Gasteiger partial charge on any atom is 0.242 e. The Morgan fingerprint density at radius 1 is 1.29 bits per heavy atom. The average Bonchev–Trinajstić information content (AvgIpc) is 3.03. The molecule has 2 heterocycles. The summed E-state index contributed by atoms with van der Waals surface area (Å²) < 4.78 is 5.22. The molecule has 6 nitrogen and oxygen atoms in total. The first-order chi connectivity index (χ1) is 11.6. The summed E-state index contributed by atoms with van der Waals surface area (Å²) in [6.45, 7) is 4.26. The van der Waals surface area contributed by atoms with Crippen molar-refractivity contribution in [1.82, 2.24) is 15.2 Å². The van der Waals surface area contributed by atoms with Gasteiger partial charge in [0.05, 0.1) is 19.8 Å². The maximum atomic E-state index is 12.3. The van der Waals surface area contributed by atoms with Crippen molar-refractivity contribution in [2.45, 2.75) is 13.3 Å². The molecule has 6 heteroatoms. The van der Waals surface area contributed by atoms with Gasteiger partial charge in [-0.25, -0.2) is 0 Å². The van der Waals surface area contributed by atoms with Crippen molar-refractivity contribution in [3.05, 3.63) is 36.0 Å². The summed E-state index contributed by atoms with van der Waals surface area (Å²) in [6.07, 6.45) is 2.59. The molecule has 0 saturated carbocycles. The third kappa shape index (κ3) is 3.76. The van der Waals surface area contributed by atoms with E-state index in [2.05, 4.69) is 10.3 Å². The molecule has 3 rings (SSSR count). The van der Waals surface area contributed by atoms with Gasteiger partial charge in [0.2, 0.25) is 11.8 Å². The minimum Gasteiger partial charge on any atom is -0.378 e. The molecule has 1 aliphatic heterocycles. The molecule has 0 radical (unpaired) electrons. The summed E-state index contributed by atoms with van der Waals surface area (Å²) in [6, 6.07) is 8.04. The van der Waals surface area contributed by atoms with Crippen LogP contribution in [0.15, 0.2) is 30.5 Å². The molecule has 1 aromatic heterocycles. The van der Waals surface area contributed by atoms with Gasteiger partial charge in [0.25, 0.3) is 0 Å². The molecule has 2 aromatic rings. The van der Waals surface area contributed by atoms with Gasteiger partial charge in [0.15, 0.2) is 0 Å². The van der Waals surface area contributed by atoms with E-state index in [4.69, 9.17) is 4.74 Å². The van der Waals surface area contributed by atoms with Crippen molar-refractivity contribution in [2.75, 3.05) is 32.8 Å². The Bertz CT molecular complexity index is 719. The lowest BCUT2D eigenvalue weighted by Gasteiger charge is -2.27. The van der Waals surface area contributed by atoms with Gasteiger partial charge in [0, 0.05) is 36.1 Å². The fourth-order valence-corrected chi connectivity index (χ4v) is 2.98. The van der Waals surface area contributed by atoms with Crippen molar-refractivity contribution in [3.8, 4) is 0 Å². The summed E-state index contributed by atoms with van der Waals surface area (Å²) >= 11 is 0. The maximum absolute atomic E-state index is 12.3. The molecule has 2 amide bonds. The van der Waals surface area contributed by atoms with Crippen LogP contribution in [-0.2, 0) is 20.7 Å². The van der Waals surface area contributed by atoms with E-state index >= 15 is 0 Å². The first-order valence-electron chi connectivity index (χ1n) is 8.33. The predicted octanol–water partition coefficient (Wildman–Crippen LogP) is 1.32. The van der Waals surface area contributed by atoms with Crippen LogP contribution in [0.3, 0.4) is 0 Å². The van der Waals surface area contributed by atoms with E-state index in [0.717, 1.165) is 16.5 Å². The Kier molecular flexibility index (Phi) is 5.15. The molecule has 24 heavy (non-hydrogen) atoms. The summed E-state index contributed by atoms with van der Waals surface area (Å²) in [7, 11) is 0. The van der Waals surface area contributed by atoms with Crippen LogP contribution in [0.1, 0.15) is 12.5 Å². The van der Waals surface area contributed by atoms with E-state index < -0.39 is 0 Å². The number of benzene rings is 1. The number of amides is 2. The van der Waals surface area contributed by atoms with Gasteiger partial charge in [-0.1, -0.05) is 25.1 Å². The molecule has 0 aliphatic carbocycles. The minimum atomic E-state index is -0.193. The summed E-state index contributed by atoms with van der Waals surface area (Å²) in [5.74, 6) is -0.338. The number of carbonyl (C=O) groups excluding carboxylic acids is 2. The summed E-state index contributed by atoms with van der Waals surface area (Å²) in [5.41, 5.74) is 2.19. The van der Waals surface area contributed by atoms with Gasteiger partial charge in [-0.15, -0.1) is 0 Å². The van der Waals surface area contributed by atoms with Gasteiger partial charge in [0.1, 0.15) is 0 Å². The minimum absolute atomic E-state index is 0.0501. The highest BCUT2D eigenvalue weighted by atomic mass is 16.5. The second kappa shape index (κ2) is 7.49. The van der Waals surface area contributed by atoms with Crippen LogP contribution in [0.5, 0.6) is 0 Å². The van der Waals surface area contributed by atoms with Crippen LogP contribution < -0.4 is 5.32 Å². The molecule has 2 N–H and O–H groups in total. The molecule has 0 spiro atoms. The second-order valence-electron chi connectivity index (χ2n) is 6.18. The average molecular weight is 329 g/mol. The van der Waals surface area contributed by atoms with Crippen LogP contribution in [0.4, 0.5) is 0 Å². The normalized spacial score (nSPS) is 16.1. The molecule has 1 aliphatic rings. The lowest BCUT2D eigenvalue weighted by atomic mass is 10.00. The molecule has 1 atom stereocenters. The smallest absolute Gasteiger partial charge is 0.242 e. The third-order valence-corrected chi connectivity index (χ3v) is 4.43. The number of carbonyl (C=O) groups is 2. The number of H-pyrrole nitrogens is 1. The first-order valence-corrected chi connectivity index (χ1v) is 8.33. The number of ether oxygens (including phenoxy) is 1. The first kappa shape index (κ1) is 16.5. The highest BCUT2D eigenvalue weighted by Gasteiger charge is 2.20. The van der Waals surface area contributed by atoms with E-state index in [9.17, 15) is 9.59 Å². The lowest BCUT2D eigenvalue weighted by molar-refractivity contribution is -0.136. The Labute approximate surface area is 141 Å². The largest absolute Gasteiger partial charge is 0.378 e.